The summed E-state index contributed by atoms with van der Waals surface area (Å²) in [7, 11) is 5.08. The van der Waals surface area contributed by atoms with E-state index in [1.165, 1.54) is 5.57 Å². The van der Waals surface area contributed by atoms with Crippen LogP contribution in [0, 0.1) is 0 Å². The average Bonchev–Trinajstić information content (AvgIpc) is 2.55. The van der Waals surface area contributed by atoms with Crippen molar-refractivity contribution in [3.63, 3.8) is 0 Å². The predicted molar refractivity (Wildman–Crippen MR) is 86.2 cm³/mol. The maximum Gasteiger partial charge on any atom is 0.226 e. The molecule has 0 saturated carbocycles. The highest BCUT2D eigenvalue weighted by Gasteiger charge is 2.15. The maximum absolute atomic E-state index is 12.4. The fourth-order valence-electron chi connectivity index (χ4n) is 2.51. The molecule has 0 fully saturated rings. The molecule has 1 aromatic carbocycles. The molecule has 1 N–H and O–H groups in total. The van der Waals surface area contributed by atoms with E-state index in [9.17, 15) is 4.79 Å². The molecule has 0 aliphatic carbocycles. The van der Waals surface area contributed by atoms with Gasteiger partial charge in [-0.2, -0.15) is 0 Å². The van der Waals surface area contributed by atoms with Gasteiger partial charge in [0.1, 0.15) is 11.5 Å². The standard InChI is InChI=1S/C17H24N2O3/c1-19(17(20)10-13-6-8-18-9-7-13)12-14-11-15(21-2)4-5-16(14)22-3/h4-6,11,18H,7-10,12H2,1-3H3. The Kier molecular flexibility index (Phi) is 5.83. The number of methoxy groups -OCH3 is 2. The van der Waals surface area contributed by atoms with Gasteiger partial charge in [-0.15, -0.1) is 0 Å². The predicted octanol–water partition coefficient (Wildman–Crippen LogP) is 1.97. The van der Waals surface area contributed by atoms with Crippen LogP contribution in [-0.4, -0.2) is 45.2 Å². The molecule has 5 nitrogen and oxygen atoms in total. The highest BCUT2D eigenvalue weighted by molar-refractivity contribution is 5.78. The largest absolute Gasteiger partial charge is 0.497 e. The van der Waals surface area contributed by atoms with Gasteiger partial charge in [0.25, 0.3) is 0 Å². The summed E-state index contributed by atoms with van der Waals surface area (Å²) in [6, 6.07) is 5.62. The summed E-state index contributed by atoms with van der Waals surface area (Å²) in [6.45, 7) is 2.31. The third-order valence-corrected chi connectivity index (χ3v) is 3.86. The molecule has 0 aromatic heterocycles. The number of carbonyl (C=O) groups excluding carboxylic acids is 1. The second kappa shape index (κ2) is 7.84. The summed E-state index contributed by atoms with van der Waals surface area (Å²) in [5.74, 6) is 1.65. The normalized spacial score (nSPS) is 14.2. The van der Waals surface area contributed by atoms with E-state index in [4.69, 9.17) is 9.47 Å². The molecule has 1 aromatic rings. The summed E-state index contributed by atoms with van der Waals surface area (Å²) < 4.78 is 10.6. The maximum atomic E-state index is 12.4. The van der Waals surface area contributed by atoms with Gasteiger partial charge in [0.2, 0.25) is 5.91 Å². The molecule has 0 radical (unpaired) electrons. The van der Waals surface area contributed by atoms with Crippen LogP contribution in [0.4, 0.5) is 0 Å². The van der Waals surface area contributed by atoms with Crippen molar-refractivity contribution in [3.05, 3.63) is 35.4 Å². The van der Waals surface area contributed by atoms with Gasteiger partial charge in [0.15, 0.2) is 0 Å². The Hall–Kier alpha value is -2.01. The van der Waals surface area contributed by atoms with Gasteiger partial charge in [-0.1, -0.05) is 11.6 Å². The van der Waals surface area contributed by atoms with Crippen molar-refractivity contribution >= 4 is 5.91 Å². The Morgan fingerprint density at radius 2 is 2.14 bits per heavy atom. The average molecular weight is 304 g/mol. The minimum absolute atomic E-state index is 0.123. The Bertz CT molecular complexity index is 555. The summed E-state index contributed by atoms with van der Waals surface area (Å²) in [5.41, 5.74) is 2.16. The molecule has 1 aliphatic rings. The number of hydrogen-bond donors (Lipinski definition) is 1. The Morgan fingerprint density at radius 1 is 1.32 bits per heavy atom. The lowest BCUT2D eigenvalue weighted by Crippen LogP contribution is -2.28. The smallest absolute Gasteiger partial charge is 0.226 e. The van der Waals surface area contributed by atoms with Crippen molar-refractivity contribution < 1.29 is 14.3 Å². The highest BCUT2D eigenvalue weighted by atomic mass is 16.5. The van der Waals surface area contributed by atoms with Crippen molar-refractivity contribution in [1.82, 2.24) is 10.2 Å². The minimum atomic E-state index is 0.123. The first kappa shape index (κ1) is 16.4. The van der Waals surface area contributed by atoms with Crippen LogP contribution in [-0.2, 0) is 11.3 Å². The summed E-state index contributed by atoms with van der Waals surface area (Å²) in [6.07, 6.45) is 3.55. The minimum Gasteiger partial charge on any atom is -0.497 e. The van der Waals surface area contributed by atoms with Crippen molar-refractivity contribution in [1.29, 1.82) is 0 Å². The van der Waals surface area contributed by atoms with Crippen LogP contribution in [0.3, 0.4) is 0 Å². The van der Waals surface area contributed by atoms with Crippen LogP contribution in [0.15, 0.2) is 29.8 Å². The molecule has 1 heterocycles. The monoisotopic (exact) mass is 304 g/mol. The molecule has 0 unspecified atom stereocenters. The van der Waals surface area contributed by atoms with E-state index in [1.54, 1.807) is 19.1 Å². The molecular weight excluding hydrogens is 280 g/mol. The fourth-order valence-corrected chi connectivity index (χ4v) is 2.51. The van der Waals surface area contributed by atoms with E-state index >= 15 is 0 Å². The number of hydrogen-bond acceptors (Lipinski definition) is 4. The zero-order chi connectivity index (χ0) is 15.9. The fraction of sp³-hybridized carbons (Fsp3) is 0.471. The summed E-state index contributed by atoms with van der Waals surface area (Å²) in [4.78, 5) is 14.1. The third-order valence-electron chi connectivity index (χ3n) is 3.86. The second-order valence-corrected chi connectivity index (χ2v) is 5.42. The molecule has 1 amide bonds. The van der Waals surface area contributed by atoms with Gasteiger partial charge >= 0.3 is 0 Å². The van der Waals surface area contributed by atoms with Crippen LogP contribution in [0.1, 0.15) is 18.4 Å². The van der Waals surface area contributed by atoms with Crippen molar-refractivity contribution in [3.8, 4) is 11.5 Å². The van der Waals surface area contributed by atoms with Gasteiger partial charge in [-0.3, -0.25) is 4.79 Å². The lowest BCUT2D eigenvalue weighted by atomic mass is 10.1. The molecule has 120 valence electrons. The first-order valence-electron chi connectivity index (χ1n) is 7.47. The molecule has 0 atom stereocenters. The van der Waals surface area contributed by atoms with Crippen LogP contribution < -0.4 is 14.8 Å². The zero-order valence-corrected chi connectivity index (χ0v) is 13.5. The first-order valence-corrected chi connectivity index (χ1v) is 7.47. The van der Waals surface area contributed by atoms with Crippen LogP contribution >= 0.6 is 0 Å². The van der Waals surface area contributed by atoms with Gasteiger partial charge < -0.3 is 19.7 Å². The molecule has 5 heteroatoms. The van der Waals surface area contributed by atoms with E-state index in [-0.39, 0.29) is 5.91 Å². The molecule has 1 aliphatic heterocycles. The number of nitrogens with one attached hydrogen (secondary N) is 1. The van der Waals surface area contributed by atoms with E-state index < -0.39 is 0 Å². The highest BCUT2D eigenvalue weighted by Crippen LogP contribution is 2.25. The van der Waals surface area contributed by atoms with Gasteiger partial charge in [0, 0.05) is 32.1 Å². The number of rotatable bonds is 6. The zero-order valence-electron chi connectivity index (χ0n) is 13.5. The molecular formula is C17H24N2O3. The van der Waals surface area contributed by atoms with Crippen molar-refractivity contribution in [2.24, 2.45) is 0 Å². The summed E-state index contributed by atoms with van der Waals surface area (Å²) >= 11 is 0. The van der Waals surface area contributed by atoms with Gasteiger partial charge in [-0.05, 0) is 31.2 Å². The second-order valence-electron chi connectivity index (χ2n) is 5.42. The number of nitrogens with zero attached hydrogens (tertiary/aromatic N) is 1. The Morgan fingerprint density at radius 3 is 2.77 bits per heavy atom. The number of carbonyl (C=O) groups is 1. The molecule has 0 spiro atoms. The number of amides is 1. The SMILES string of the molecule is COc1ccc(OC)c(CN(C)C(=O)CC2=CCNCC2)c1. The van der Waals surface area contributed by atoms with E-state index in [1.807, 2.05) is 25.2 Å². The topological polar surface area (TPSA) is 50.8 Å². The first-order chi connectivity index (χ1) is 10.6. The molecule has 22 heavy (non-hydrogen) atoms. The van der Waals surface area contributed by atoms with E-state index in [0.29, 0.717) is 13.0 Å². The van der Waals surface area contributed by atoms with Crippen LogP contribution in [0.5, 0.6) is 11.5 Å². The van der Waals surface area contributed by atoms with Crippen LogP contribution in [0.2, 0.25) is 0 Å². The Balaban J connectivity index is 2.02. The number of ether oxygens (including phenoxy) is 2. The van der Waals surface area contributed by atoms with E-state index in [2.05, 4.69) is 11.4 Å². The number of benzene rings is 1. The molecule has 0 bridgehead atoms. The lowest BCUT2D eigenvalue weighted by Gasteiger charge is -2.21. The van der Waals surface area contributed by atoms with Crippen molar-refractivity contribution in [2.45, 2.75) is 19.4 Å². The van der Waals surface area contributed by atoms with Gasteiger partial charge in [-0.25, -0.2) is 0 Å². The molecule has 0 saturated heterocycles. The Labute approximate surface area is 131 Å². The third kappa shape index (κ3) is 4.24. The summed E-state index contributed by atoms with van der Waals surface area (Å²) in [5, 5.41) is 3.25. The molecule has 2 rings (SSSR count). The van der Waals surface area contributed by atoms with Gasteiger partial charge in [0.05, 0.1) is 14.2 Å². The lowest BCUT2D eigenvalue weighted by molar-refractivity contribution is -0.129. The quantitative estimate of drug-likeness (QED) is 0.817. The van der Waals surface area contributed by atoms with Crippen LogP contribution in [0.25, 0.3) is 0 Å². The van der Waals surface area contributed by atoms with Crippen molar-refractivity contribution in [2.75, 3.05) is 34.4 Å². The van der Waals surface area contributed by atoms with E-state index in [0.717, 1.165) is 36.6 Å².